The minimum atomic E-state index is -4.71. The molecule has 8 nitrogen and oxygen atoms in total. The third-order valence-electron chi connectivity index (χ3n) is 7.57. The summed E-state index contributed by atoms with van der Waals surface area (Å²) in [5.74, 6) is 2.62. The summed E-state index contributed by atoms with van der Waals surface area (Å²) < 4.78 is 60.6. The molecule has 0 saturated carbocycles. The molecule has 3 heterocycles. The number of ether oxygens (including phenoxy) is 3. The predicted octanol–water partition coefficient (Wildman–Crippen LogP) is 5.65. The van der Waals surface area contributed by atoms with Crippen LogP contribution in [-0.2, 0) is 19.3 Å². The number of hydrogen-bond acceptors (Lipinski definition) is 8. The number of alkyl halides is 3. The van der Waals surface area contributed by atoms with Gasteiger partial charge in [0, 0.05) is 24.9 Å². The lowest BCUT2D eigenvalue weighted by Crippen LogP contribution is -2.42. The van der Waals surface area contributed by atoms with Crippen molar-refractivity contribution in [3.8, 4) is 28.5 Å². The van der Waals surface area contributed by atoms with Gasteiger partial charge in [0.1, 0.15) is 41.8 Å². The van der Waals surface area contributed by atoms with Gasteiger partial charge >= 0.3 is 6.18 Å². The lowest BCUT2D eigenvalue weighted by Gasteiger charge is -2.27. The van der Waals surface area contributed by atoms with Crippen LogP contribution in [0.3, 0.4) is 0 Å². The maximum atomic E-state index is 14.7. The van der Waals surface area contributed by atoms with Crippen molar-refractivity contribution in [2.24, 2.45) is 4.99 Å². The van der Waals surface area contributed by atoms with Gasteiger partial charge in [-0.2, -0.15) is 13.2 Å². The fourth-order valence-corrected chi connectivity index (χ4v) is 5.70. The van der Waals surface area contributed by atoms with Gasteiger partial charge in [-0.3, -0.25) is 4.99 Å². The van der Waals surface area contributed by atoms with Gasteiger partial charge in [-0.05, 0) is 60.0 Å². The van der Waals surface area contributed by atoms with Gasteiger partial charge in [0.25, 0.3) is 0 Å². The zero-order chi connectivity index (χ0) is 31.7. The smallest absolute Gasteiger partial charge is 0.418 e. The van der Waals surface area contributed by atoms with Crippen LogP contribution in [0.25, 0.3) is 17.1 Å². The molecule has 0 bridgehead atoms. The van der Waals surface area contributed by atoms with Gasteiger partial charge in [-0.1, -0.05) is 35.9 Å². The Morgan fingerprint density at radius 2 is 1.58 bits per heavy atom. The standard InChI is InChI=1S/C33H29ClF3N5O3/c1-19-14-26(42(16-20-4-8-22(43-2)9-5-20)17-21-6-10-23(44-3)11-7-21)41-30(28(19)33(35,36)37)24-15-25-27-31(29(24)34)39-18-40-32(27)38-12-13-45-25/h4-15,38,40H,16-18H2,1-3H3. The zero-order valence-corrected chi connectivity index (χ0v) is 25.4. The average Bonchev–Trinajstić information content (AvgIpc) is 3.25. The molecule has 45 heavy (non-hydrogen) atoms. The molecule has 0 amide bonds. The Hall–Kier alpha value is -4.90. The SMILES string of the molecule is COc1ccc(CN(Cc2ccc(OC)cc2)c2cc(C)c(C(F)(F)F)c(-c3cc4c5c(c3Cl)=NCNC=5NC=CO4)n2)cc1. The van der Waals surface area contributed by atoms with Crippen molar-refractivity contribution in [2.45, 2.75) is 26.2 Å². The molecular formula is C33H29ClF3N5O3. The fraction of sp³-hybridized carbons (Fsp3) is 0.212. The van der Waals surface area contributed by atoms with Crippen LogP contribution in [0.4, 0.5) is 19.0 Å². The van der Waals surface area contributed by atoms with E-state index in [9.17, 15) is 13.2 Å². The summed E-state index contributed by atoms with van der Waals surface area (Å²) in [6.07, 6.45) is -1.73. The summed E-state index contributed by atoms with van der Waals surface area (Å²) in [4.78, 5) is 11.1. The molecule has 232 valence electrons. The van der Waals surface area contributed by atoms with E-state index in [1.54, 1.807) is 20.4 Å². The molecule has 3 aromatic carbocycles. The van der Waals surface area contributed by atoms with E-state index >= 15 is 0 Å². The Balaban J connectivity index is 1.54. The Labute approximate surface area is 262 Å². The minimum absolute atomic E-state index is 0.00459. The van der Waals surface area contributed by atoms with Gasteiger partial charge in [0.2, 0.25) is 0 Å². The summed E-state index contributed by atoms with van der Waals surface area (Å²) in [6.45, 7) is 2.33. The number of rotatable bonds is 8. The van der Waals surface area contributed by atoms with Crippen LogP contribution in [-0.4, -0.2) is 25.9 Å². The van der Waals surface area contributed by atoms with Crippen molar-refractivity contribution in [2.75, 3.05) is 25.8 Å². The highest BCUT2D eigenvalue weighted by molar-refractivity contribution is 6.33. The number of methoxy groups -OCH3 is 2. The van der Waals surface area contributed by atoms with Gasteiger partial charge in [0.15, 0.2) is 0 Å². The first-order chi connectivity index (χ1) is 21.7. The van der Waals surface area contributed by atoms with Crippen molar-refractivity contribution in [3.05, 3.63) is 111 Å². The molecule has 4 aromatic rings. The minimum Gasteiger partial charge on any atom is -0.497 e. The number of pyridine rings is 1. The summed E-state index contributed by atoms with van der Waals surface area (Å²) >= 11 is 6.87. The highest BCUT2D eigenvalue weighted by atomic mass is 35.5. The second-order valence-electron chi connectivity index (χ2n) is 10.5. The largest absolute Gasteiger partial charge is 0.497 e. The summed E-state index contributed by atoms with van der Waals surface area (Å²) in [6, 6.07) is 17.9. The van der Waals surface area contributed by atoms with Crippen molar-refractivity contribution >= 4 is 23.2 Å². The molecule has 0 unspecified atom stereocenters. The number of anilines is 1. The Morgan fingerprint density at radius 1 is 0.956 bits per heavy atom. The molecule has 6 rings (SSSR count). The Kier molecular flexibility index (Phi) is 8.20. The van der Waals surface area contributed by atoms with Crippen LogP contribution in [0.2, 0.25) is 5.02 Å². The quantitative estimate of drug-likeness (QED) is 0.259. The van der Waals surface area contributed by atoms with Gasteiger partial charge in [-0.15, -0.1) is 0 Å². The van der Waals surface area contributed by atoms with E-state index in [1.165, 1.54) is 25.3 Å². The van der Waals surface area contributed by atoms with E-state index in [2.05, 4.69) is 15.6 Å². The first kappa shape index (κ1) is 30.1. The fourth-order valence-electron chi connectivity index (χ4n) is 5.40. The van der Waals surface area contributed by atoms with Crippen LogP contribution in [0, 0.1) is 6.92 Å². The third-order valence-corrected chi connectivity index (χ3v) is 7.95. The number of aromatic nitrogens is 1. The number of aryl methyl sites for hydroxylation is 1. The normalized spacial score (nSPS) is 13.4. The number of halogens is 4. The van der Waals surface area contributed by atoms with E-state index < -0.39 is 11.7 Å². The summed E-state index contributed by atoms with van der Waals surface area (Å²) in [5, 5.41) is 7.06. The van der Waals surface area contributed by atoms with Crippen LogP contribution in [0.15, 0.2) is 78.1 Å². The monoisotopic (exact) mass is 635 g/mol. The topological polar surface area (TPSA) is 80.2 Å². The first-order valence-electron chi connectivity index (χ1n) is 14.0. The van der Waals surface area contributed by atoms with Gasteiger partial charge in [0.05, 0.1) is 41.1 Å². The van der Waals surface area contributed by atoms with Gasteiger partial charge < -0.3 is 29.7 Å². The average molecular weight is 636 g/mol. The van der Waals surface area contributed by atoms with Crippen LogP contribution >= 0.6 is 11.6 Å². The molecule has 0 radical (unpaired) electrons. The second kappa shape index (κ2) is 12.2. The number of nitrogens with one attached hydrogen (secondary N) is 2. The molecule has 0 aliphatic carbocycles. The maximum absolute atomic E-state index is 14.7. The third kappa shape index (κ3) is 6.08. The number of hydrogen-bond donors (Lipinski definition) is 2. The second-order valence-corrected chi connectivity index (χ2v) is 10.8. The maximum Gasteiger partial charge on any atom is 0.418 e. The Bertz CT molecular complexity index is 1850. The van der Waals surface area contributed by atoms with E-state index in [0.717, 1.165) is 11.1 Å². The van der Waals surface area contributed by atoms with Crippen molar-refractivity contribution in [1.29, 1.82) is 0 Å². The van der Waals surface area contributed by atoms with E-state index in [0.29, 0.717) is 52.6 Å². The summed E-state index contributed by atoms with van der Waals surface area (Å²) in [5.41, 5.74) is 0.715. The molecule has 2 aliphatic heterocycles. The molecule has 2 N–H and O–H groups in total. The first-order valence-corrected chi connectivity index (χ1v) is 14.4. The Morgan fingerprint density at radius 3 is 2.16 bits per heavy atom. The molecule has 0 fully saturated rings. The van der Waals surface area contributed by atoms with Gasteiger partial charge in [-0.25, -0.2) is 4.98 Å². The molecule has 1 aromatic heterocycles. The molecular weight excluding hydrogens is 607 g/mol. The van der Waals surface area contributed by atoms with Crippen LogP contribution in [0.5, 0.6) is 17.2 Å². The van der Waals surface area contributed by atoms with E-state index in [4.69, 9.17) is 30.8 Å². The van der Waals surface area contributed by atoms with Crippen molar-refractivity contribution in [3.63, 3.8) is 0 Å². The van der Waals surface area contributed by atoms with E-state index in [-0.39, 0.29) is 28.5 Å². The molecule has 2 aliphatic rings. The predicted molar refractivity (Wildman–Crippen MR) is 165 cm³/mol. The molecule has 12 heteroatoms. The van der Waals surface area contributed by atoms with E-state index in [1.807, 2.05) is 53.4 Å². The number of benzene rings is 3. The highest BCUT2D eigenvalue weighted by Gasteiger charge is 2.38. The highest BCUT2D eigenvalue weighted by Crippen LogP contribution is 2.42. The zero-order valence-electron chi connectivity index (χ0n) is 24.6. The summed E-state index contributed by atoms with van der Waals surface area (Å²) in [7, 11) is 3.17. The lowest BCUT2D eigenvalue weighted by atomic mass is 9.99. The molecule has 0 spiro atoms. The van der Waals surface area contributed by atoms with Crippen molar-refractivity contribution in [1.82, 2.24) is 15.6 Å². The lowest BCUT2D eigenvalue weighted by molar-refractivity contribution is -0.137. The molecule has 0 saturated heterocycles. The van der Waals surface area contributed by atoms with Crippen LogP contribution in [0.1, 0.15) is 22.3 Å². The van der Waals surface area contributed by atoms with Crippen molar-refractivity contribution < 1.29 is 27.4 Å². The van der Waals surface area contributed by atoms with Crippen LogP contribution < -0.4 is 40.3 Å². The number of nitrogens with zero attached hydrogens (tertiary/aromatic N) is 3. The molecule has 0 atom stereocenters.